The largest absolute Gasteiger partial charge is 0.462 e. The minimum absolute atomic E-state index is 0.0134. The Bertz CT molecular complexity index is 1560. The topological polar surface area (TPSA) is 88.2 Å². The fraction of sp³-hybridized carbons (Fsp3) is 0.133. The number of rotatable bonds is 5. The molecule has 0 radical (unpaired) electrons. The number of nitrogens with zero attached hydrogens (tertiary/aromatic N) is 3. The number of amides is 1. The number of imidazole rings is 1. The van der Waals surface area contributed by atoms with Gasteiger partial charge in [-0.1, -0.05) is 36.4 Å². The normalized spacial score (nSPS) is 12.5. The number of aryl methyl sites for hydroxylation is 2. The molecule has 0 spiro atoms. The Morgan fingerprint density at radius 2 is 1.62 bits per heavy atom. The molecule has 0 saturated carbocycles. The summed E-state index contributed by atoms with van der Waals surface area (Å²) in [4.78, 5) is 39.9. The fourth-order valence-corrected chi connectivity index (χ4v) is 4.75. The van der Waals surface area contributed by atoms with E-state index in [1.165, 1.54) is 0 Å². The summed E-state index contributed by atoms with van der Waals surface area (Å²) in [5, 5.41) is 0. The summed E-state index contributed by atoms with van der Waals surface area (Å²) in [5.41, 5.74) is 6.75. The van der Waals surface area contributed by atoms with Crippen LogP contribution >= 0.6 is 0 Å². The molecule has 37 heavy (non-hydrogen) atoms. The van der Waals surface area contributed by atoms with E-state index in [9.17, 15) is 9.59 Å². The van der Waals surface area contributed by atoms with Crippen LogP contribution in [0.5, 0.6) is 0 Å². The van der Waals surface area contributed by atoms with E-state index in [0.29, 0.717) is 11.4 Å². The lowest BCUT2D eigenvalue weighted by atomic mass is 10.0. The van der Waals surface area contributed by atoms with Crippen molar-refractivity contribution in [3.05, 3.63) is 108 Å². The molecule has 1 aliphatic rings. The maximum Gasteiger partial charge on any atom is 0.338 e. The number of aromatic amines is 1. The van der Waals surface area contributed by atoms with Gasteiger partial charge in [0, 0.05) is 18.0 Å². The highest BCUT2D eigenvalue weighted by molar-refractivity contribution is 6.02. The van der Waals surface area contributed by atoms with Gasteiger partial charge in [-0.15, -0.1) is 0 Å². The van der Waals surface area contributed by atoms with Crippen molar-refractivity contribution in [2.45, 2.75) is 19.3 Å². The van der Waals surface area contributed by atoms with Crippen molar-refractivity contribution in [2.75, 3.05) is 11.5 Å². The van der Waals surface area contributed by atoms with Crippen molar-refractivity contribution in [3.8, 4) is 11.4 Å². The average molecular weight is 489 g/mol. The average Bonchev–Trinajstić information content (AvgIpc) is 3.29. The molecular weight excluding hydrogens is 464 g/mol. The zero-order valence-electron chi connectivity index (χ0n) is 20.1. The number of nitrogens with one attached hydrogen (secondary N) is 1. The zero-order chi connectivity index (χ0) is 25.2. The third-order valence-corrected chi connectivity index (χ3v) is 6.58. The lowest BCUT2D eigenvalue weighted by Crippen LogP contribution is -2.28. The van der Waals surface area contributed by atoms with E-state index < -0.39 is 5.97 Å². The van der Waals surface area contributed by atoms with Gasteiger partial charge in [-0.25, -0.2) is 9.78 Å². The van der Waals surface area contributed by atoms with Gasteiger partial charge in [0.2, 0.25) is 5.91 Å². The molecule has 6 rings (SSSR count). The Hall–Kier alpha value is -4.78. The molecule has 0 unspecified atom stereocenters. The van der Waals surface area contributed by atoms with Crippen LogP contribution in [0.3, 0.4) is 0 Å². The summed E-state index contributed by atoms with van der Waals surface area (Å²) in [6.45, 7) is -0.0134. The molecule has 1 aliphatic heterocycles. The van der Waals surface area contributed by atoms with Crippen LogP contribution in [0.4, 0.5) is 11.4 Å². The van der Waals surface area contributed by atoms with Crippen LogP contribution in [-0.4, -0.2) is 33.4 Å². The molecule has 0 atom stereocenters. The molecule has 7 heteroatoms. The lowest BCUT2D eigenvalue weighted by molar-refractivity contribution is -0.118. The first-order chi connectivity index (χ1) is 18.2. The second kappa shape index (κ2) is 9.70. The van der Waals surface area contributed by atoms with E-state index in [4.69, 9.17) is 4.74 Å². The van der Waals surface area contributed by atoms with Gasteiger partial charge in [0.05, 0.1) is 34.4 Å². The number of para-hydroxylation sites is 2. The third kappa shape index (κ3) is 4.47. The van der Waals surface area contributed by atoms with E-state index in [-0.39, 0.29) is 18.9 Å². The highest BCUT2D eigenvalue weighted by Crippen LogP contribution is 2.36. The Labute approximate surface area is 213 Å². The molecule has 3 heterocycles. The quantitative estimate of drug-likeness (QED) is 0.324. The number of esters is 1. The molecule has 3 aromatic carbocycles. The number of carbonyl (C=O) groups excluding carboxylic acids is 2. The number of benzene rings is 3. The molecular formula is C30H24N4O3. The van der Waals surface area contributed by atoms with Crippen molar-refractivity contribution in [3.63, 3.8) is 0 Å². The number of ether oxygens (including phenoxy) is 1. The van der Waals surface area contributed by atoms with Crippen LogP contribution in [0.1, 0.15) is 27.9 Å². The Balaban J connectivity index is 1.16. The second-order valence-electron chi connectivity index (χ2n) is 8.93. The molecule has 0 bridgehead atoms. The van der Waals surface area contributed by atoms with Crippen molar-refractivity contribution in [1.82, 2.24) is 15.0 Å². The first-order valence-electron chi connectivity index (χ1n) is 12.2. The van der Waals surface area contributed by atoms with Crippen molar-refractivity contribution >= 4 is 34.3 Å². The third-order valence-electron chi connectivity index (χ3n) is 6.58. The first kappa shape index (κ1) is 22.7. The van der Waals surface area contributed by atoms with Crippen molar-refractivity contribution < 1.29 is 14.3 Å². The number of pyridine rings is 1. The SMILES string of the molecule is O=C(OCCC(=O)N1c2ccccc2CCc2ccccc21)c1ccc2nc(-c3cccnc3)[nH]c2c1. The summed E-state index contributed by atoms with van der Waals surface area (Å²) in [6.07, 6.45) is 5.24. The standard InChI is InChI=1S/C30H24N4O3/c35-28(34-26-9-3-1-6-20(26)11-12-21-7-2-4-10-27(21)34)15-17-37-30(36)22-13-14-24-25(18-22)33-29(32-24)23-8-5-16-31-19-23/h1-10,13-14,16,18-19H,11-12,15,17H2,(H,32,33). The molecule has 1 amide bonds. The van der Waals surface area contributed by atoms with Gasteiger partial charge < -0.3 is 9.72 Å². The van der Waals surface area contributed by atoms with Gasteiger partial charge in [0.15, 0.2) is 0 Å². The molecule has 1 N–H and O–H groups in total. The minimum atomic E-state index is -0.483. The van der Waals surface area contributed by atoms with Gasteiger partial charge in [-0.3, -0.25) is 14.7 Å². The lowest BCUT2D eigenvalue weighted by Gasteiger charge is -2.25. The highest BCUT2D eigenvalue weighted by atomic mass is 16.5. The van der Waals surface area contributed by atoms with Gasteiger partial charge in [0.1, 0.15) is 12.4 Å². The summed E-state index contributed by atoms with van der Waals surface area (Å²) in [5.74, 6) is 0.0841. The predicted octanol–water partition coefficient (Wildman–Crippen LogP) is 5.64. The summed E-state index contributed by atoms with van der Waals surface area (Å²) in [6, 6.07) is 24.9. The summed E-state index contributed by atoms with van der Waals surface area (Å²) >= 11 is 0. The van der Waals surface area contributed by atoms with Crippen LogP contribution in [0.2, 0.25) is 0 Å². The van der Waals surface area contributed by atoms with E-state index in [1.54, 1.807) is 35.5 Å². The fourth-order valence-electron chi connectivity index (χ4n) is 4.75. The maximum atomic E-state index is 13.4. The number of fused-ring (bicyclic) bond motifs is 3. The van der Waals surface area contributed by atoms with E-state index >= 15 is 0 Å². The molecule has 2 aromatic heterocycles. The zero-order valence-corrected chi connectivity index (χ0v) is 20.1. The van der Waals surface area contributed by atoms with Crippen LogP contribution < -0.4 is 4.90 Å². The second-order valence-corrected chi connectivity index (χ2v) is 8.93. The van der Waals surface area contributed by atoms with Crippen molar-refractivity contribution in [2.24, 2.45) is 0 Å². The van der Waals surface area contributed by atoms with Gasteiger partial charge in [-0.05, 0) is 66.4 Å². The smallest absolute Gasteiger partial charge is 0.338 e. The number of hydrogen-bond donors (Lipinski definition) is 1. The van der Waals surface area contributed by atoms with E-state index in [1.807, 2.05) is 48.5 Å². The van der Waals surface area contributed by atoms with E-state index in [0.717, 1.165) is 51.9 Å². The number of carbonyl (C=O) groups is 2. The predicted molar refractivity (Wildman–Crippen MR) is 142 cm³/mol. The number of aromatic nitrogens is 3. The number of anilines is 2. The number of H-pyrrole nitrogens is 1. The van der Waals surface area contributed by atoms with Gasteiger partial charge >= 0.3 is 5.97 Å². The summed E-state index contributed by atoms with van der Waals surface area (Å²) < 4.78 is 5.51. The van der Waals surface area contributed by atoms with Crippen LogP contribution in [-0.2, 0) is 22.4 Å². The number of hydrogen-bond acceptors (Lipinski definition) is 5. The van der Waals surface area contributed by atoms with Gasteiger partial charge in [0.25, 0.3) is 0 Å². The van der Waals surface area contributed by atoms with E-state index in [2.05, 4.69) is 27.1 Å². The monoisotopic (exact) mass is 488 g/mol. The molecule has 7 nitrogen and oxygen atoms in total. The molecule has 0 fully saturated rings. The molecule has 5 aromatic rings. The Morgan fingerprint density at radius 1 is 0.892 bits per heavy atom. The Kier molecular flexibility index (Phi) is 5.94. The minimum Gasteiger partial charge on any atom is -0.462 e. The summed E-state index contributed by atoms with van der Waals surface area (Å²) in [7, 11) is 0. The van der Waals surface area contributed by atoms with Crippen LogP contribution in [0.15, 0.2) is 91.3 Å². The van der Waals surface area contributed by atoms with Crippen LogP contribution in [0, 0.1) is 0 Å². The molecule has 0 saturated heterocycles. The highest BCUT2D eigenvalue weighted by Gasteiger charge is 2.25. The van der Waals surface area contributed by atoms with Gasteiger partial charge in [-0.2, -0.15) is 0 Å². The van der Waals surface area contributed by atoms with Crippen LogP contribution in [0.25, 0.3) is 22.4 Å². The maximum absolute atomic E-state index is 13.4. The molecule has 0 aliphatic carbocycles. The van der Waals surface area contributed by atoms with Crippen molar-refractivity contribution in [1.29, 1.82) is 0 Å². The first-order valence-corrected chi connectivity index (χ1v) is 12.2. The molecule has 182 valence electrons. The Morgan fingerprint density at radius 3 is 2.32 bits per heavy atom.